The number of rotatable bonds is 4. The van der Waals surface area contributed by atoms with Crippen molar-refractivity contribution < 1.29 is 14.0 Å². The third-order valence-electron chi connectivity index (χ3n) is 5.24. The van der Waals surface area contributed by atoms with Crippen molar-refractivity contribution in [2.75, 3.05) is 6.54 Å². The Balaban J connectivity index is 1.37. The van der Waals surface area contributed by atoms with Gasteiger partial charge in [-0.2, -0.15) is 5.10 Å². The molecule has 8 heteroatoms. The van der Waals surface area contributed by atoms with Crippen LogP contribution in [-0.4, -0.2) is 46.8 Å². The van der Waals surface area contributed by atoms with Crippen LogP contribution in [0.15, 0.2) is 29.4 Å². The summed E-state index contributed by atoms with van der Waals surface area (Å²) < 4.78 is 13.1. The molecular weight excluding hydrogens is 337 g/mol. The van der Waals surface area contributed by atoms with Gasteiger partial charge in [0.25, 0.3) is 5.91 Å². The SMILES string of the molecule is O=C(CN1N=CN2NC(c3ccc(F)cc3)CC2C1=O)NC1CCCC1. The summed E-state index contributed by atoms with van der Waals surface area (Å²) in [5.74, 6) is -0.662. The van der Waals surface area contributed by atoms with Gasteiger partial charge < -0.3 is 5.32 Å². The van der Waals surface area contributed by atoms with E-state index in [2.05, 4.69) is 15.8 Å². The number of amides is 2. The molecule has 2 amide bonds. The molecule has 1 aromatic rings. The molecule has 0 radical (unpaired) electrons. The molecule has 138 valence electrons. The van der Waals surface area contributed by atoms with Gasteiger partial charge in [-0.25, -0.2) is 14.8 Å². The van der Waals surface area contributed by atoms with Crippen LogP contribution in [0.4, 0.5) is 4.39 Å². The Hall–Kier alpha value is -2.48. The lowest BCUT2D eigenvalue weighted by Gasteiger charge is -2.30. The summed E-state index contributed by atoms with van der Waals surface area (Å²) in [6.45, 7) is -0.0581. The van der Waals surface area contributed by atoms with E-state index in [1.165, 1.54) is 17.1 Å². The number of benzene rings is 1. The van der Waals surface area contributed by atoms with Gasteiger partial charge in [-0.05, 0) is 37.0 Å². The highest BCUT2D eigenvalue weighted by molar-refractivity contribution is 5.91. The smallest absolute Gasteiger partial charge is 0.267 e. The molecule has 0 aromatic heterocycles. The maximum Gasteiger partial charge on any atom is 0.267 e. The predicted molar refractivity (Wildman–Crippen MR) is 93.1 cm³/mol. The number of nitrogens with zero attached hydrogens (tertiary/aromatic N) is 3. The van der Waals surface area contributed by atoms with Crippen molar-refractivity contribution in [3.8, 4) is 0 Å². The number of hydrogen-bond acceptors (Lipinski definition) is 5. The Morgan fingerprint density at radius 1 is 1.27 bits per heavy atom. The molecule has 2 aliphatic heterocycles. The molecule has 26 heavy (non-hydrogen) atoms. The van der Waals surface area contributed by atoms with Crippen molar-refractivity contribution in [3.05, 3.63) is 35.6 Å². The number of hydrogen-bond donors (Lipinski definition) is 2. The molecule has 2 N–H and O–H groups in total. The van der Waals surface area contributed by atoms with Gasteiger partial charge in [0.1, 0.15) is 24.7 Å². The zero-order valence-corrected chi connectivity index (χ0v) is 14.4. The molecule has 1 aromatic carbocycles. The Labute approximate surface area is 151 Å². The van der Waals surface area contributed by atoms with E-state index in [9.17, 15) is 14.0 Å². The first-order valence-electron chi connectivity index (χ1n) is 9.05. The Morgan fingerprint density at radius 2 is 2.00 bits per heavy atom. The van der Waals surface area contributed by atoms with E-state index < -0.39 is 6.04 Å². The lowest BCUT2D eigenvalue weighted by atomic mass is 10.0. The fourth-order valence-corrected chi connectivity index (χ4v) is 3.84. The van der Waals surface area contributed by atoms with Crippen LogP contribution >= 0.6 is 0 Å². The summed E-state index contributed by atoms with van der Waals surface area (Å²) in [5.41, 5.74) is 4.11. The van der Waals surface area contributed by atoms with Crippen LogP contribution in [0.3, 0.4) is 0 Å². The summed E-state index contributed by atoms with van der Waals surface area (Å²) in [6.07, 6.45) is 6.36. The number of fused-ring (bicyclic) bond motifs is 1. The maximum absolute atomic E-state index is 13.1. The van der Waals surface area contributed by atoms with Gasteiger partial charge >= 0.3 is 0 Å². The van der Waals surface area contributed by atoms with Gasteiger partial charge in [0.05, 0.1) is 6.04 Å². The highest BCUT2D eigenvalue weighted by atomic mass is 19.1. The maximum atomic E-state index is 13.1. The monoisotopic (exact) mass is 359 g/mol. The minimum absolute atomic E-state index is 0.0581. The van der Waals surface area contributed by atoms with E-state index in [0.717, 1.165) is 31.2 Å². The Bertz CT molecular complexity index is 717. The van der Waals surface area contributed by atoms with E-state index in [0.29, 0.717) is 6.42 Å². The molecule has 0 spiro atoms. The molecule has 2 unspecified atom stereocenters. The molecule has 2 fully saturated rings. The molecule has 4 rings (SSSR count). The summed E-state index contributed by atoms with van der Waals surface area (Å²) in [7, 11) is 0. The molecular formula is C18H22FN5O2. The summed E-state index contributed by atoms with van der Waals surface area (Å²) in [5, 5.41) is 9.99. The Morgan fingerprint density at radius 3 is 2.73 bits per heavy atom. The molecule has 1 aliphatic carbocycles. The molecule has 3 aliphatic rings. The molecule has 2 heterocycles. The third-order valence-corrected chi connectivity index (χ3v) is 5.24. The summed E-state index contributed by atoms with van der Waals surface area (Å²) >= 11 is 0. The van der Waals surface area contributed by atoms with Crippen LogP contribution in [0.1, 0.15) is 43.7 Å². The van der Waals surface area contributed by atoms with Crippen LogP contribution in [0.5, 0.6) is 0 Å². The molecule has 1 saturated heterocycles. The normalized spacial score (nSPS) is 25.7. The summed E-state index contributed by atoms with van der Waals surface area (Å²) in [6, 6.07) is 5.94. The first-order chi connectivity index (χ1) is 12.6. The van der Waals surface area contributed by atoms with Gasteiger partial charge in [0.15, 0.2) is 0 Å². The lowest BCUT2D eigenvalue weighted by Crippen LogP contribution is -2.53. The number of carbonyl (C=O) groups is 2. The Kier molecular flexibility index (Phi) is 4.58. The zero-order valence-electron chi connectivity index (χ0n) is 14.4. The first-order valence-corrected chi connectivity index (χ1v) is 9.05. The number of hydrazine groups is 1. The molecule has 0 bridgehead atoms. The highest BCUT2D eigenvalue weighted by Gasteiger charge is 2.41. The highest BCUT2D eigenvalue weighted by Crippen LogP contribution is 2.29. The fraction of sp³-hybridized carbons (Fsp3) is 0.500. The van der Waals surface area contributed by atoms with E-state index in [-0.39, 0.29) is 36.3 Å². The minimum atomic E-state index is -0.415. The second-order valence-electron chi connectivity index (χ2n) is 7.07. The van der Waals surface area contributed by atoms with Gasteiger partial charge in [-0.3, -0.25) is 14.6 Å². The van der Waals surface area contributed by atoms with Gasteiger partial charge in [0.2, 0.25) is 5.91 Å². The largest absolute Gasteiger partial charge is 0.352 e. The molecule has 1 saturated carbocycles. The van der Waals surface area contributed by atoms with Gasteiger partial charge in [0, 0.05) is 6.04 Å². The average molecular weight is 359 g/mol. The van der Waals surface area contributed by atoms with Crippen LogP contribution < -0.4 is 10.7 Å². The fourth-order valence-electron chi connectivity index (χ4n) is 3.84. The van der Waals surface area contributed by atoms with Crippen molar-refractivity contribution in [2.24, 2.45) is 5.10 Å². The second kappa shape index (κ2) is 7.03. The van der Waals surface area contributed by atoms with Crippen LogP contribution in [0.25, 0.3) is 0 Å². The quantitative estimate of drug-likeness (QED) is 0.849. The van der Waals surface area contributed by atoms with Crippen molar-refractivity contribution in [1.82, 2.24) is 20.8 Å². The average Bonchev–Trinajstić information content (AvgIpc) is 3.28. The van der Waals surface area contributed by atoms with E-state index in [1.54, 1.807) is 23.5 Å². The predicted octanol–water partition coefficient (Wildman–Crippen LogP) is 1.29. The lowest BCUT2D eigenvalue weighted by molar-refractivity contribution is -0.140. The van der Waals surface area contributed by atoms with Crippen molar-refractivity contribution in [2.45, 2.75) is 50.2 Å². The number of nitrogens with one attached hydrogen (secondary N) is 2. The van der Waals surface area contributed by atoms with E-state index in [4.69, 9.17) is 0 Å². The van der Waals surface area contributed by atoms with Crippen LogP contribution in [0.2, 0.25) is 0 Å². The van der Waals surface area contributed by atoms with Crippen LogP contribution in [0, 0.1) is 5.82 Å². The van der Waals surface area contributed by atoms with Crippen molar-refractivity contribution >= 4 is 18.2 Å². The van der Waals surface area contributed by atoms with Crippen LogP contribution in [-0.2, 0) is 9.59 Å². The third kappa shape index (κ3) is 3.41. The summed E-state index contributed by atoms with van der Waals surface area (Å²) in [4.78, 5) is 24.9. The van der Waals surface area contributed by atoms with E-state index >= 15 is 0 Å². The topological polar surface area (TPSA) is 77.0 Å². The first kappa shape index (κ1) is 17.0. The van der Waals surface area contributed by atoms with Crippen molar-refractivity contribution in [1.29, 1.82) is 0 Å². The zero-order chi connectivity index (χ0) is 18.1. The number of hydrazone groups is 1. The minimum Gasteiger partial charge on any atom is -0.352 e. The van der Waals surface area contributed by atoms with Gasteiger partial charge in [-0.1, -0.05) is 25.0 Å². The van der Waals surface area contributed by atoms with Crippen molar-refractivity contribution in [3.63, 3.8) is 0 Å². The standard InChI is InChI=1S/C18H22FN5O2/c19-13-7-5-12(6-8-13)15-9-16-18(26)23(20-11-24(16)22-15)10-17(25)21-14-3-1-2-4-14/h5-8,11,14-16,22H,1-4,9-10H2,(H,21,25). The molecule has 2 atom stereocenters. The van der Waals surface area contributed by atoms with Gasteiger partial charge in [-0.15, -0.1) is 0 Å². The molecule has 7 nitrogen and oxygen atoms in total. The number of carbonyl (C=O) groups excluding carboxylic acids is 2. The van der Waals surface area contributed by atoms with E-state index in [1.807, 2.05) is 0 Å². The number of halogens is 1. The second-order valence-corrected chi connectivity index (χ2v) is 7.07.